The summed E-state index contributed by atoms with van der Waals surface area (Å²) in [7, 11) is 0. The van der Waals surface area contributed by atoms with E-state index in [0.717, 1.165) is 37.8 Å². The van der Waals surface area contributed by atoms with E-state index in [1.807, 2.05) is 35.2 Å². The second-order valence-corrected chi connectivity index (χ2v) is 6.92. The van der Waals surface area contributed by atoms with Gasteiger partial charge in [0, 0.05) is 32.5 Å². The number of likely N-dealkylation sites (tertiary alicyclic amines) is 1. The van der Waals surface area contributed by atoms with Gasteiger partial charge in [0.05, 0.1) is 6.04 Å². The first-order valence-electron chi connectivity index (χ1n) is 9.67. The molecule has 0 radical (unpaired) electrons. The maximum atomic E-state index is 12.5. The van der Waals surface area contributed by atoms with Crippen molar-refractivity contribution in [1.29, 1.82) is 0 Å². The van der Waals surface area contributed by atoms with Crippen LogP contribution in [0.4, 0.5) is 0 Å². The molecule has 1 saturated heterocycles. The molecule has 0 spiro atoms. The Hall–Kier alpha value is -2.70. The lowest BCUT2D eigenvalue weighted by Gasteiger charge is -2.22. The van der Waals surface area contributed by atoms with Gasteiger partial charge >= 0.3 is 0 Å². The summed E-state index contributed by atoms with van der Waals surface area (Å²) < 4.78 is 1.76. The zero-order chi connectivity index (χ0) is 18.9. The normalized spacial score (nSPS) is 16.0. The third-order valence-electron chi connectivity index (χ3n) is 4.93. The fraction of sp³-hybridized carbons (Fsp3) is 0.500. The van der Waals surface area contributed by atoms with E-state index in [2.05, 4.69) is 15.4 Å². The van der Waals surface area contributed by atoms with Gasteiger partial charge in [0.15, 0.2) is 0 Å². The van der Waals surface area contributed by atoms with Crippen LogP contribution in [0.3, 0.4) is 0 Å². The minimum absolute atomic E-state index is 0.0282. The molecule has 0 saturated carbocycles. The van der Waals surface area contributed by atoms with Crippen LogP contribution in [0.25, 0.3) is 0 Å². The molecule has 0 aliphatic carbocycles. The van der Waals surface area contributed by atoms with E-state index in [9.17, 15) is 9.59 Å². The molecule has 1 atom stereocenters. The number of nitrogens with zero attached hydrogens (tertiary/aromatic N) is 4. The van der Waals surface area contributed by atoms with Gasteiger partial charge in [-0.25, -0.2) is 4.98 Å². The molecule has 7 nitrogen and oxygen atoms in total. The van der Waals surface area contributed by atoms with Crippen molar-refractivity contribution in [3.8, 4) is 0 Å². The van der Waals surface area contributed by atoms with Crippen LogP contribution in [0.2, 0.25) is 0 Å². The van der Waals surface area contributed by atoms with Crippen molar-refractivity contribution in [2.24, 2.45) is 0 Å². The molecule has 2 heterocycles. The largest absolute Gasteiger partial charge is 0.349 e. The number of rotatable bonds is 8. The zero-order valence-electron chi connectivity index (χ0n) is 15.6. The van der Waals surface area contributed by atoms with Crippen molar-refractivity contribution >= 4 is 11.8 Å². The highest BCUT2D eigenvalue weighted by Crippen LogP contribution is 2.18. The van der Waals surface area contributed by atoms with Crippen molar-refractivity contribution in [1.82, 2.24) is 25.0 Å². The monoisotopic (exact) mass is 369 g/mol. The first kappa shape index (κ1) is 19.1. The number of carbonyl (C=O) groups excluding carboxylic acids is 2. The smallest absolute Gasteiger partial charge is 0.222 e. The average molecular weight is 369 g/mol. The van der Waals surface area contributed by atoms with Crippen LogP contribution < -0.4 is 5.32 Å². The molecule has 0 bridgehead atoms. The molecule has 1 aliphatic heterocycles. The van der Waals surface area contributed by atoms with E-state index < -0.39 is 0 Å². The second-order valence-electron chi connectivity index (χ2n) is 6.92. The summed E-state index contributed by atoms with van der Waals surface area (Å²) in [5.41, 5.74) is 1.07. The lowest BCUT2D eigenvalue weighted by Crippen LogP contribution is -2.36. The van der Waals surface area contributed by atoms with Crippen LogP contribution in [0.5, 0.6) is 0 Å². The molecule has 1 aromatic carbocycles. The van der Waals surface area contributed by atoms with E-state index >= 15 is 0 Å². The standard InChI is InChI=1S/C20H27N5O2/c26-19(11-13-24-12-6-2-5-9-20(24)27)23-18(17-7-3-1-4-8-17)10-14-25-16-21-15-22-25/h1,3-4,7-8,15-16,18H,2,5-6,9-14H2,(H,23,26). The molecule has 2 aromatic rings. The van der Waals surface area contributed by atoms with Gasteiger partial charge in [0.25, 0.3) is 0 Å². The Kier molecular flexibility index (Phi) is 6.96. The molecule has 27 heavy (non-hydrogen) atoms. The molecule has 1 unspecified atom stereocenters. The Morgan fingerprint density at radius 2 is 2.00 bits per heavy atom. The van der Waals surface area contributed by atoms with Gasteiger partial charge in [-0.1, -0.05) is 36.8 Å². The molecule has 1 fully saturated rings. The number of amides is 2. The summed E-state index contributed by atoms with van der Waals surface area (Å²) in [5.74, 6) is 0.144. The SMILES string of the molecule is O=C(CCN1CCCCCC1=O)NC(CCn1cncn1)c1ccccc1. The van der Waals surface area contributed by atoms with Crippen molar-refractivity contribution in [3.63, 3.8) is 0 Å². The van der Waals surface area contributed by atoms with E-state index in [4.69, 9.17) is 0 Å². The van der Waals surface area contributed by atoms with Crippen molar-refractivity contribution in [2.45, 2.75) is 51.1 Å². The second kappa shape index (κ2) is 9.85. The van der Waals surface area contributed by atoms with Gasteiger partial charge < -0.3 is 10.2 Å². The number of nitrogens with one attached hydrogen (secondary N) is 1. The Labute approximate surface area is 159 Å². The molecular formula is C20H27N5O2. The fourth-order valence-corrected chi connectivity index (χ4v) is 3.40. The lowest BCUT2D eigenvalue weighted by atomic mass is 10.0. The number of carbonyl (C=O) groups is 2. The highest BCUT2D eigenvalue weighted by atomic mass is 16.2. The Morgan fingerprint density at radius 3 is 2.78 bits per heavy atom. The van der Waals surface area contributed by atoms with Gasteiger partial charge in [-0.05, 0) is 24.8 Å². The highest BCUT2D eigenvalue weighted by molar-refractivity contribution is 5.79. The van der Waals surface area contributed by atoms with Gasteiger partial charge in [-0.2, -0.15) is 5.10 Å². The summed E-state index contributed by atoms with van der Waals surface area (Å²) in [4.78, 5) is 30.4. The van der Waals surface area contributed by atoms with Crippen LogP contribution in [0.1, 0.15) is 50.1 Å². The Morgan fingerprint density at radius 1 is 1.15 bits per heavy atom. The fourth-order valence-electron chi connectivity index (χ4n) is 3.40. The summed E-state index contributed by atoms with van der Waals surface area (Å²) in [5, 5.41) is 7.25. The molecule has 1 aliphatic rings. The maximum Gasteiger partial charge on any atom is 0.222 e. The van der Waals surface area contributed by atoms with Crippen molar-refractivity contribution in [2.75, 3.05) is 13.1 Å². The van der Waals surface area contributed by atoms with Crippen LogP contribution in [-0.2, 0) is 16.1 Å². The highest BCUT2D eigenvalue weighted by Gasteiger charge is 2.19. The third kappa shape index (κ3) is 5.91. The third-order valence-corrected chi connectivity index (χ3v) is 4.93. The van der Waals surface area contributed by atoms with Gasteiger partial charge in [-0.3, -0.25) is 14.3 Å². The molecule has 1 aromatic heterocycles. The Balaban J connectivity index is 1.55. The first-order valence-corrected chi connectivity index (χ1v) is 9.67. The number of aryl methyl sites for hydroxylation is 1. The zero-order valence-corrected chi connectivity index (χ0v) is 15.6. The predicted octanol–water partition coefficient (Wildman–Crippen LogP) is 2.32. The quantitative estimate of drug-likeness (QED) is 0.774. The van der Waals surface area contributed by atoms with Crippen molar-refractivity contribution in [3.05, 3.63) is 48.5 Å². The van der Waals surface area contributed by atoms with E-state index in [0.29, 0.717) is 25.9 Å². The first-order chi connectivity index (χ1) is 13.2. The van der Waals surface area contributed by atoms with Gasteiger partial charge in [-0.15, -0.1) is 0 Å². The van der Waals surface area contributed by atoms with Crippen LogP contribution in [-0.4, -0.2) is 44.6 Å². The lowest BCUT2D eigenvalue weighted by molar-refractivity contribution is -0.131. The molecule has 2 amide bonds. The Bertz CT molecular complexity index is 717. The minimum atomic E-state index is -0.0947. The summed E-state index contributed by atoms with van der Waals surface area (Å²) in [6, 6.07) is 9.85. The van der Waals surface area contributed by atoms with Crippen LogP contribution >= 0.6 is 0 Å². The van der Waals surface area contributed by atoms with Crippen LogP contribution in [0.15, 0.2) is 43.0 Å². The number of aromatic nitrogens is 3. The summed E-state index contributed by atoms with van der Waals surface area (Å²) in [6.07, 6.45) is 7.92. The summed E-state index contributed by atoms with van der Waals surface area (Å²) >= 11 is 0. The van der Waals surface area contributed by atoms with Crippen LogP contribution in [0, 0.1) is 0 Å². The van der Waals surface area contributed by atoms with E-state index in [1.165, 1.54) is 6.33 Å². The molecule has 3 rings (SSSR count). The minimum Gasteiger partial charge on any atom is -0.349 e. The molecule has 7 heteroatoms. The van der Waals surface area contributed by atoms with Crippen molar-refractivity contribution < 1.29 is 9.59 Å². The summed E-state index contributed by atoms with van der Waals surface area (Å²) in [6.45, 7) is 1.93. The molecular weight excluding hydrogens is 342 g/mol. The predicted molar refractivity (Wildman–Crippen MR) is 102 cm³/mol. The molecule has 144 valence electrons. The molecule has 1 N–H and O–H groups in total. The average Bonchev–Trinajstić information content (AvgIpc) is 3.13. The number of benzene rings is 1. The maximum absolute atomic E-state index is 12.5. The number of hydrogen-bond acceptors (Lipinski definition) is 4. The van der Waals surface area contributed by atoms with E-state index in [-0.39, 0.29) is 17.9 Å². The van der Waals surface area contributed by atoms with Gasteiger partial charge in [0.1, 0.15) is 12.7 Å². The van der Waals surface area contributed by atoms with Gasteiger partial charge in [0.2, 0.25) is 11.8 Å². The number of hydrogen-bond donors (Lipinski definition) is 1. The van der Waals surface area contributed by atoms with E-state index in [1.54, 1.807) is 11.0 Å². The topological polar surface area (TPSA) is 80.1 Å².